The van der Waals surface area contributed by atoms with E-state index < -0.39 is 0 Å². The zero-order valence-corrected chi connectivity index (χ0v) is 14.2. The summed E-state index contributed by atoms with van der Waals surface area (Å²) in [5.41, 5.74) is 3.35. The predicted molar refractivity (Wildman–Crippen MR) is 88.4 cm³/mol. The van der Waals surface area contributed by atoms with Gasteiger partial charge < -0.3 is 5.32 Å². The number of carbonyl (C=O) groups is 1. The SMILES string of the molecule is Cc1nn(C)cc1C(=O)Nc1ccc(F)c2c1[C@H](C)CC2(C)C. The summed E-state index contributed by atoms with van der Waals surface area (Å²) in [6, 6.07) is 3.11. The second kappa shape index (κ2) is 5.18. The van der Waals surface area contributed by atoms with E-state index in [1.54, 1.807) is 30.9 Å². The van der Waals surface area contributed by atoms with E-state index in [-0.39, 0.29) is 23.1 Å². The lowest BCUT2D eigenvalue weighted by atomic mass is 9.85. The highest BCUT2D eigenvalue weighted by atomic mass is 19.1. The minimum absolute atomic E-state index is 0.190. The summed E-state index contributed by atoms with van der Waals surface area (Å²) in [5.74, 6) is -0.188. The molecule has 1 atom stereocenters. The Kier molecular flexibility index (Phi) is 3.54. The molecule has 1 amide bonds. The number of aryl methyl sites for hydroxylation is 2. The molecule has 23 heavy (non-hydrogen) atoms. The minimum Gasteiger partial charge on any atom is -0.322 e. The lowest BCUT2D eigenvalue weighted by molar-refractivity contribution is 0.102. The second-order valence-corrected chi connectivity index (χ2v) is 7.13. The van der Waals surface area contributed by atoms with Crippen molar-refractivity contribution >= 4 is 11.6 Å². The Morgan fingerprint density at radius 2 is 2.13 bits per heavy atom. The van der Waals surface area contributed by atoms with Crippen LogP contribution in [-0.4, -0.2) is 15.7 Å². The van der Waals surface area contributed by atoms with Crippen LogP contribution in [0.2, 0.25) is 0 Å². The average molecular weight is 315 g/mol. The van der Waals surface area contributed by atoms with Crippen molar-refractivity contribution in [2.75, 3.05) is 5.32 Å². The molecule has 0 saturated heterocycles. The summed E-state index contributed by atoms with van der Waals surface area (Å²) < 4.78 is 16.0. The summed E-state index contributed by atoms with van der Waals surface area (Å²) >= 11 is 0. The largest absolute Gasteiger partial charge is 0.322 e. The number of nitrogens with one attached hydrogen (secondary N) is 1. The fraction of sp³-hybridized carbons (Fsp3) is 0.444. The van der Waals surface area contributed by atoms with Crippen molar-refractivity contribution in [2.24, 2.45) is 7.05 Å². The van der Waals surface area contributed by atoms with Gasteiger partial charge in [-0.05, 0) is 47.9 Å². The Morgan fingerprint density at radius 3 is 2.74 bits per heavy atom. The lowest BCUT2D eigenvalue weighted by Gasteiger charge is -2.20. The van der Waals surface area contributed by atoms with Crippen molar-refractivity contribution in [1.29, 1.82) is 0 Å². The van der Waals surface area contributed by atoms with Gasteiger partial charge in [0.2, 0.25) is 0 Å². The molecule has 1 heterocycles. The Hall–Kier alpha value is -2.17. The second-order valence-electron chi connectivity index (χ2n) is 7.13. The number of fused-ring (bicyclic) bond motifs is 1. The Labute approximate surface area is 135 Å². The first-order chi connectivity index (χ1) is 10.7. The summed E-state index contributed by atoms with van der Waals surface area (Å²) in [6.07, 6.45) is 2.57. The van der Waals surface area contributed by atoms with Gasteiger partial charge in [0.25, 0.3) is 5.91 Å². The van der Waals surface area contributed by atoms with E-state index in [9.17, 15) is 9.18 Å². The monoisotopic (exact) mass is 315 g/mol. The molecule has 4 nitrogen and oxygen atoms in total. The van der Waals surface area contributed by atoms with Crippen LogP contribution in [0.1, 0.15) is 60.3 Å². The fourth-order valence-electron chi connectivity index (χ4n) is 3.88. The van der Waals surface area contributed by atoms with Crippen LogP contribution in [0.15, 0.2) is 18.3 Å². The van der Waals surface area contributed by atoms with Gasteiger partial charge in [-0.2, -0.15) is 5.10 Å². The highest BCUT2D eigenvalue weighted by Crippen LogP contribution is 2.49. The van der Waals surface area contributed by atoms with E-state index in [2.05, 4.69) is 31.2 Å². The summed E-state index contributed by atoms with van der Waals surface area (Å²) in [5, 5.41) is 7.14. The van der Waals surface area contributed by atoms with Gasteiger partial charge in [0.15, 0.2) is 0 Å². The molecule has 0 radical (unpaired) electrons. The van der Waals surface area contributed by atoms with Crippen LogP contribution in [0.3, 0.4) is 0 Å². The smallest absolute Gasteiger partial charge is 0.259 e. The molecule has 1 aromatic heterocycles. The zero-order valence-electron chi connectivity index (χ0n) is 14.2. The summed E-state index contributed by atoms with van der Waals surface area (Å²) in [4.78, 5) is 12.5. The number of hydrogen-bond acceptors (Lipinski definition) is 2. The van der Waals surface area contributed by atoms with Crippen LogP contribution in [0.25, 0.3) is 0 Å². The van der Waals surface area contributed by atoms with Gasteiger partial charge in [0, 0.05) is 18.9 Å². The number of amides is 1. The third kappa shape index (κ3) is 2.54. The predicted octanol–water partition coefficient (Wildman–Crippen LogP) is 3.90. The molecule has 0 aliphatic heterocycles. The van der Waals surface area contributed by atoms with Gasteiger partial charge in [0.1, 0.15) is 5.82 Å². The Bertz CT molecular complexity index is 792. The van der Waals surface area contributed by atoms with Crippen LogP contribution in [0, 0.1) is 12.7 Å². The molecule has 1 N–H and O–H groups in total. The third-order valence-corrected chi connectivity index (χ3v) is 4.69. The molecule has 3 rings (SSSR count). The van der Waals surface area contributed by atoms with Crippen LogP contribution < -0.4 is 5.32 Å². The van der Waals surface area contributed by atoms with Gasteiger partial charge in [-0.15, -0.1) is 0 Å². The third-order valence-electron chi connectivity index (χ3n) is 4.69. The first kappa shape index (κ1) is 15.7. The van der Waals surface area contributed by atoms with Crippen LogP contribution in [-0.2, 0) is 12.5 Å². The van der Waals surface area contributed by atoms with Gasteiger partial charge in [-0.1, -0.05) is 20.8 Å². The topological polar surface area (TPSA) is 46.9 Å². The molecule has 5 heteroatoms. The molecule has 0 spiro atoms. The van der Waals surface area contributed by atoms with Crippen LogP contribution >= 0.6 is 0 Å². The van der Waals surface area contributed by atoms with E-state index in [4.69, 9.17) is 0 Å². The molecular weight excluding hydrogens is 293 g/mol. The van der Waals surface area contributed by atoms with Crippen LogP contribution in [0.4, 0.5) is 10.1 Å². The standard InChI is InChI=1S/C18H22FN3O/c1-10-8-18(3,4)16-13(19)6-7-14(15(10)16)20-17(23)12-9-22(5)21-11(12)2/h6-7,9-10H,8H2,1-5H3,(H,20,23)/t10-/m1/s1. The molecule has 2 aromatic rings. The van der Waals surface area contributed by atoms with E-state index in [0.717, 1.165) is 17.5 Å². The normalized spacial score (nSPS) is 18.8. The van der Waals surface area contributed by atoms with E-state index in [1.807, 2.05) is 0 Å². The van der Waals surface area contributed by atoms with Crippen molar-refractivity contribution in [3.63, 3.8) is 0 Å². The molecular formula is C18H22FN3O. The average Bonchev–Trinajstić information content (AvgIpc) is 2.89. The molecule has 1 aromatic carbocycles. The Balaban J connectivity index is 2.01. The molecule has 122 valence electrons. The summed E-state index contributed by atoms with van der Waals surface area (Å²) in [6.45, 7) is 7.98. The van der Waals surface area contributed by atoms with E-state index in [0.29, 0.717) is 16.9 Å². The minimum atomic E-state index is -0.218. The zero-order chi connectivity index (χ0) is 16.9. The van der Waals surface area contributed by atoms with Gasteiger partial charge in [0.05, 0.1) is 11.3 Å². The molecule has 0 fully saturated rings. The number of nitrogens with zero attached hydrogens (tertiary/aromatic N) is 2. The maximum Gasteiger partial charge on any atom is 0.259 e. The summed E-state index contributed by atoms with van der Waals surface area (Å²) in [7, 11) is 1.78. The van der Waals surface area contributed by atoms with E-state index in [1.165, 1.54) is 6.07 Å². The maximum atomic E-state index is 14.3. The number of hydrogen-bond donors (Lipinski definition) is 1. The number of benzene rings is 1. The van der Waals surface area contributed by atoms with Crippen molar-refractivity contribution in [3.05, 3.63) is 46.5 Å². The number of halogens is 1. The molecule has 1 aliphatic rings. The number of carbonyl (C=O) groups excluding carboxylic acids is 1. The maximum absolute atomic E-state index is 14.3. The van der Waals surface area contributed by atoms with Gasteiger partial charge in [-0.25, -0.2) is 4.39 Å². The highest BCUT2D eigenvalue weighted by Gasteiger charge is 2.39. The van der Waals surface area contributed by atoms with Gasteiger partial charge >= 0.3 is 0 Å². The van der Waals surface area contributed by atoms with Crippen molar-refractivity contribution in [3.8, 4) is 0 Å². The van der Waals surface area contributed by atoms with E-state index >= 15 is 0 Å². The Morgan fingerprint density at radius 1 is 1.43 bits per heavy atom. The lowest BCUT2D eigenvalue weighted by Crippen LogP contribution is -2.16. The van der Waals surface area contributed by atoms with Gasteiger partial charge in [-0.3, -0.25) is 9.48 Å². The number of anilines is 1. The fourth-order valence-corrected chi connectivity index (χ4v) is 3.88. The van der Waals surface area contributed by atoms with Crippen molar-refractivity contribution < 1.29 is 9.18 Å². The molecule has 0 unspecified atom stereocenters. The first-order valence-corrected chi connectivity index (χ1v) is 7.85. The highest BCUT2D eigenvalue weighted by molar-refractivity contribution is 6.05. The molecule has 0 bridgehead atoms. The first-order valence-electron chi connectivity index (χ1n) is 7.85. The number of aromatic nitrogens is 2. The molecule has 0 saturated carbocycles. The number of rotatable bonds is 2. The van der Waals surface area contributed by atoms with Crippen LogP contribution in [0.5, 0.6) is 0 Å². The quantitative estimate of drug-likeness (QED) is 0.913. The van der Waals surface area contributed by atoms with Crippen molar-refractivity contribution in [2.45, 2.75) is 45.4 Å². The van der Waals surface area contributed by atoms with Crippen molar-refractivity contribution in [1.82, 2.24) is 9.78 Å². The molecule has 1 aliphatic carbocycles.